The van der Waals surface area contributed by atoms with Crippen LogP contribution in [0.1, 0.15) is 12.5 Å². The van der Waals surface area contributed by atoms with Gasteiger partial charge in [0.05, 0.1) is 17.7 Å². The summed E-state index contributed by atoms with van der Waals surface area (Å²) in [4.78, 5) is 19.7. The maximum atomic E-state index is 13.2. The number of thioether (sulfide) groups is 1. The van der Waals surface area contributed by atoms with Crippen LogP contribution in [-0.2, 0) is 4.79 Å². The molecule has 0 saturated carbocycles. The van der Waals surface area contributed by atoms with Crippen LogP contribution in [0.5, 0.6) is 5.75 Å². The molecule has 3 aromatic carbocycles. The van der Waals surface area contributed by atoms with Crippen LogP contribution in [-0.4, -0.2) is 29.6 Å². The van der Waals surface area contributed by atoms with Gasteiger partial charge in [0.15, 0.2) is 5.17 Å². The Morgan fingerprint density at radius 1 is 1.10 bits per heavy atom. The molecule has 0 radical (unpaired) electrons. The number of halogens is 1. The Bertz CT molecular complexity index is 1140. The number of carbonyl (C=O) groups is 1. The summed E-state index contributed by atoms with van der Waals surface area (Å²) in [6, 6.07) is 17.8. The van der Waals surface area contributed by atoms with Gasteiger partial charge >= 0.3 is 0 Å². The highest BCUT2D eigenvalue weighted by Crippen LogP contribution is 2.37. The Kier molecular flexibility index (Phi) is 5.36. The predicted octanol–water partition coefficient (Wildman–Crippen LogP) is 5.61. The summed E-state index contributed by atoms with van der Waals surface area (Å²) in [5.74, 6) is 0.282. The van der Waals surface area contributed by atoms with Gasteiger partial charge in [-0.1, -0.05) is 30.3 Å². The standard InChI is InChI=1S/C23H19FN2O2S/c1-3-26-22(27)21(29-23(26)25-17-11-9-16(24)10-12-17)14-19-18-7-5-4-6-15(18)8-13-20(19)28-2/h4-14H,3H2,1-2H3/b21-14-,25-23?. The zero-order valence-electron chi connectivity index (χ0n) is 16.1. The van der Waals surface area contributed by atoms with Gasteiger partial charge in [-0.15, -0.1) is 0 Å². The molecule has 0 atom stereocenters. The Labute approximate surface area is 172 Å². The van der Waals surface area contributed by atoms with Gasteiger partial charge in [-0.2, -0.15) is 0 Å². The monoisotopic (exact) mass is 406 g/mol. The molecule has 1 fully saturated rings. The molecule has 3 aromatic rings. The molecule has 1 amide bonds. The van der Waals surface area contributed by atoms with E-state index in [1.807, 2.05) is 49.4 Å². The van der Waals surface area contributed by atoms with Crippen LogP contribution < -0.4 is 4.74 Å². The van der Waals surface area contributed by atoms with Crippen molar-refractivity contribution >= 4 is 45.4 Å². The molecule has 146 valence electrons. The number of hydrogen-bond acceptors (Lipinski definition) is 4. The van der Waals surface area contributed by atoms with Crippen molar-refractivity contribution in [2.45, 2.75) is 6.92 Å². The third-order valence-electron chi connectivity index (χ3n) is 4.68. The fraction of sp³-hybridized carbons (Fsp3) is 0.130. The minimum Gasteiger partial charge on any atom is -0.496 e. The van der Waals surface area contributed by atoms with E-state index in [4.69, 9.17) is 4.74 Å². The lowest BCUT2D eigenvalue weighted by atomic mass is 10.0. The zero-order chi connectivity index (χ0) is 20.4. The lowest BCUT2D eigenvalue weighted by Gasteiger charge is -2.12. The van der Waals surface area contributed by atoms with Gasteiger partial charge < -0.3 is 4.74 Å². The number of nitrogens with zero attached hydrogens (tertiary/aromatic N) is 2. The predicted molar refractivity (Wildman–Crippen MR) is 117 cm³/mol. The van der Waals surface area contributed by atoms with Crippen molar-refractivity contribution in [3.05, 3.63) is 76.9 Å². The van der Waals surface area contributed by atoms with E-state index >= 15 is 0 Å². The van der Waals surface area contributed by atoms with E-state index in [1.165, 1.54) is 23.9 Å². The van der Waals surface area contributed by atoms with Gasteiger partial charge in [0.2, 0.25) is 0 Å². The Morgan fingerprint density at radius 3 is 2.59 bits per heavy atom. The van der Waals surface area contributed by atoms with E-state index in [1.54, 1.807) is 24.1 Å². The van der Waals surface area contributed by atoms with Crippen molar-refractivity contribution in [2.75, 3.05) is 13.7 Å². The lowest BCUT2D eigenvalue weighted by molar-refractivity contribution is -0.122. The second-order valence-electron chi connectivity index (χ2n) is 6.43. The van der Waals surface area contributed by atoms with E-state index < -0.39 is 0 Å². The number of amidine groups is 1. The molecule has 1 aliphatic heterocycles. The summed E-state index contributed by atoms with van der Waals surface area (Å²) < 4.78 is 18.7. The number of methoxy groups -OCH3 is 1. The molecule has 0 aliphatic carbocycles. The maximum Gasteiger partial charge on any atom is 0.266 e. The SMILES string of the molecule is CCN1C(=O)/C(=C/c2c(OC)ccc3ccccc23)SC1=Nc1ccc(F)cc1. The Balaban J connectivity index is 1.78. The third-order valence-corrected chi connectivity index (χ3v) is 5.69. The number of rotatable bonds is 4. The molecule has 0 N–H and O–H groups in total. The summed E-state index contributed by atoms with van der Waals surface area (Å²) in [5.41, 5.74) is 1.46. The van der Waals surface area contributed by atoms with Crippen LogP contribution in [0.15, 0.2) is 70.6 Å². The summed E-state index contributed by atoms with van der Waals surface area (Å²) in [5, 5.41) is 2.66. The first-order valence-corrected chi connectivity index (χ1v) is 10.0. The molecule has 4 rings (SSSR count). The van der Waals surface area contributed by atoms with E-state index in [0.717, 1.165) is 16.3 Å². The van der Waals surface area contributed by atoms with Gasteiger partial charge in [-0.3, -0.25) is 9.69 Å². The number of likely N-dealkylation sites (N-methyl/N-ethyl adjacent to an activating group) is 1. The molecular weight excluding hydrogens is 387 g/mol. The first-order valence-electron chi connectivity index (χ1n) is 9.22. The lowest BCUT2D eigenvalue weighted by Crippen LogP contribution is -2.28. The maximum absolute atomic E-state index is 13.2. The second-order valence-corrected chi connectivity index (χ2v) is 7.44. The van der Waals surface area contributed by atoms with Crippen LogP contribution in [0, 0.1) is 5.82 Å². The number of benzene rings is 3. The molecule has 1 aliphatic rings. The minimum atomic E-state index is -0.319. The highest BCUT2D eigenvalue weighted by Gasteiger charge is 2.32. The largest absolute Gasteiger partial charge is 0.496 e. The first kappa shape index (κ1) is 19.2. The number of fused-ring (bicyclic) bond motifs is 1. The molecule has 0 bridgehead atoms. The van der Waals surface area contributed by atoms with Crippen molar-refractivity contribution in [3.8, 4) is 5.75 Å². The number of amides is 1. The van der Waals surface area contributed by atoms with E-state index in [0.29, 0.717) is 28.1 Å². The van der Waals surface area contributed by atoms with Gasteiger partial charge in [0.1, 0.15) is 11.6 Å². The van der Waals surface area contributed by atoms with Crippen LogP contribution in [0.3, 0.4) is 0 Å². The van der Waals surface area contributed by atoms with Gasteiger partial charge in [-0.25, -0.2) is 9.38 Å². The molecule has 6 heteroatoms. The normalized spacial score (nSPS) is 16.9. The smallest absolute Gasteiger partial charge is 0.266 e. The van der Waals surface area contributed by atoms with Crippen molar-refractivity contribution in [1.29, 1.82) is 0 Å². The third kappa shape index (κ3) is 3.76. The quantitative estimate of drug-likeness (QED) is 0.529. The Morgan fingerprint density at radius 2 is 1.86 bits per heavy atom. The highest BCUT2D eigenvalue weighted by atomic mass is 32.2. The van der Waals surface area contributed by atoms with E-state index in [2.05, 4.69) is 4.99 Å². The Hall–Kier alpha value is -3.12. The fourth-order valence-corrected chi connectivity index (χ4v) is 4.27. The summed E-state index contributed by atoms with van der Waals surface area (Å²) in [7, 11) is 1.62. The molecule has 0 aromatic heterocycles. The van der Waals surface area contributed by atoms with E-state index in [9.17, 15) is 9.18 Å². The second kappa shape index (κ2) is 8.09. The first-order chi connectivity index (χ1) is 14.1. The number of carbonyl (C=O) groups excluding carboxylic acids is 1. The average Bonchev–Trinajstić information content (AvgIpc) is 3.04. The number of hydrogen-bond donors (Lipinski definition) is 0. The van der Waals surface area contributed by atoms with Crippen molar-refractivity contribution in [3.63, 3.8) is 0 Å². The summed E-state index contributed by atoms with van der Waals surface area (Å²) >= 11 is 1.31. The molecule has 0 unspecified atom stereocenters. The van der Waals surface area contributed by atoms with Crippen LogP contribution >= 0.6 is 11.8 Å². The van der Waals surface area contributed by atoms with Crippen molar-refractivity contribution in [1.82, 2.24) is 4.90 Å². The van der Waals surface area contributed by atoms with Crippen molar-refractivity contribution in [2.24, 2.45) is 4.99 Å². The zero-order valence-corrected chi connectivity index (χ0v) is 16.9. The summed E-state index contributed by atoms with van der Waals surface area (Å²) in [6.07, 6.45) is 1.87. The van der Waals surface area contributed by atoms with Gasteiger partial charge in [-0.05, 0) is 65.9 Å². The molecule has 4 nitrogen and oxygen atoms in total. The van der Waals surface area contributed by atoms with Crippen molar-refractivity contribution < 1.29 is 13.9 Å². The molecule has 1 saturated heterocycles. The number of aliphatic imine (C=N–C) groups is 1. The van der Waals surface area contributed by atoms with Crippen LogP contribution in [0.4, 0.5) is 10.1 Å². The van der Waals surface area contributed by atoms with Crippen LogP contribution in [0.25, 0.3) is 16.8 Å². The highest BCUT2D eigenvalue weighted by molar-refractivity contribution is 8.18. The molecule has 29 heavy (non-hydrogen) atoms. The fourth-order valence-electron chi connectivity index (χ4n) is 3.23. The van der Waals surface area contributed by atoms with Crippen LogP contribution in [0.2, 0.25) is 0 Å². The number of ether oxygens (including phenoxy) is 1. The molecule has 0 spiro atoms. The minimum absolute atomic E-state index is 0.103. The van der Waals surface area contributed by atoms with Gasteiger partial charge in [0.25, 0.3) is 5.91 Å². The summed E-state index contributed by atoms with van der Waals surface area (Å²) in [6.45, 7) is 2.40. The van der Waals surface area contributed by atoms with E-state index in [-0.39, 0.29) is 11.7 Å². The molecular formula is C23H19FN2O2S. The molecule has 1 heterocycles. The average molecular weight is 406 g/mol. The van der Waals surface area contributed by atoms with Gasteiger partial charge in [0, 0.05) is 12.1 Å². The topological polar surface area (TPSA) is 41.9 Å².